The maximum absolute atomic E-state index is 13.6. The number of nitrogens with one attached hydrogen (secondary N) is 1. The second-order valence-electron chi connectivity index (χ2n) is 8.46. The average molecular weight is 519 g/mol. The van der Waals surface area contributed by atoms with Crippen LogP contribution in [0.25, 0.3) is 11.1 Å². The van der Waals surface area contributed by atoms with Gasteiger partial charge in [0.05, 0.1) is 12.5 Å². The fourth-order valence-corrected chi connectivity index (χ4v) is 5.08. The van der Waals surface area contributed by atoms with Crippen molar-refractivity contribution in [1.82, 2.24) is 5.32 Å². The Hall–Kier alpha value is -3.37. The van der Waals surface area contributed by atoms with E-state index in [9.17, 15) is 22.8 Å². The largest absolute Gasteiger partial charge is 0.488 e. The third-order valence-electron chi connectivity index (χ3n) is 5.88. The van der Waals surface area contributed by atoms with Crippen molar-refractivity contribution in [2.24, 2.45) is 0 Å². The Kier molecular flexibility index (Phi) is 7.65. The molecule has 10 heteroatoms. The molecule has 36 heavy (non-hydrogen) atoms. The van der Waals surface area contributed by atoms with Gasteiger partial charge in [-0.3, -0.25) is 9.59 Å². The number of nitrogens with zero attached hydrogens (tertiary/aromatic N) is 1. The summed E-state index contributed by atoms with van der Waals surface area (Å²) in [7, 11) is 0. The van der Waals surface area contributed by atoms with Crippen LogP contribution in [0.4, 0.5) is 18.9 Å². The number of rotatable bonds is 9. The molecular weight excluding hydrogens is 493 g/mol. The van der Waals surface area contributed by atoms with Gasteiger partial charge in [-0.05, 0) is 48.7 Å². The minimum atomic E-state index is -4.46. The summed E-state index contributed by atoms with van der Waals surface area (Å²) in [6.45, 7) is 2.37. The smallest absolute Gasteiger partial charge is 0.426 e. The molecule has 2 N–H and O–H groups in total. The second kappa shape index (κ2) is 10.7. The fourth-order valence-electron chi connectivity index (χ4n) is 4.12. The highest BCUT2D eigenvalue weighted by molar-refractivity contribution is 7.12. The molecule has 6 nitrogen and oxygen atoms in total. The van der Waals surface area contributed by atoms with E-state index >= 15 is 0 Å². The second-order valence-corrected chi connectivity index (χ2v) is 9.59. The average Bonchev–Trinajstić information content (AvgIpc) is 3.47. The van der Waals surface area contributed by atoms with Crippen LogP contribution >= 0.6 is 11.3 Å². The van der Waals surface area contributed by atoms with Crippen LogP contribution in [0.5, 0.6) is 5.75 Å². The Morgan fingerprint density at radius 1 is 1.17 bits per heavy atom. The molecule has 1 aromatic heterocycles. The van der Waals surface area contributed by atoms with Gasteiger partial charge in [0, 0.05) is 29.2 Å². The zero-order valence-corrected chi connectivity index (χ0v) is 20.3. The fraction of sp³-hybridized carbons (Fsp3) is 0.308. The Morgan fingerprint density at radius 3 is 2.61 bits per heavy atom. The lowest BCUT2D eigenvalue weighted by molar-refractivity contribution is -0.137. The standard InChI is InChI=1S/C26H25F3N2O4S/c1-16(30-11-9-23(32)33)25(34)31-12-10-18-13-19(7-8-22(18)31)35-15-20-14-21(17-5-3-2-4-6-17)24(36-20)26(27,28)29/h2-8,13-14,16,30H,9-12,15H2,1H3,(H,32,33)/t16-/m0/s1. The Labute approximate surface area is 210 Å². The van der Waals surface area contributed by atoms with Crippen molar-refractivity contribution in [1.29, 1.82) is 0 Å². The van der Waals surface area contributed by atoms with Crippen LogP contribution in [0.3, 0.4) is 0 Å². The molecule has 0 bridgehead atoms. The Balaban J connectivity index is 1.43. The SMILES string of the molecule is C[C@H](NCCC(=O)O)C(=O)N1CCc2cc(OCc3cc(-c4ccccc4)c(C(F)(F)F)s3)ccc21. The third kappa shape index (κ3) is 5.88. The van der Waals surface area contributed by atoms with Crippen LogP contribution in [-0.2, 0) is 28.8 Å². The first-order chi connectivity index (χ1) is 17.1. The molecule has 0 radical (unpaired) electrons. The summed E-state index contributed by atoms with van der Waals surface area (Å²) in [6, 6.07) is 14.7. The normalized spacial score (nSPS) is 13.9. The van der Waals surface area contributed by atoms with Gasteiger partial charge in [-0.2, -0.15) is 13.2 Å². The van der Waals surface area contributed by atoms with Gasteiger partial charge in [-0.25, -0.2) is 0 Å². The number of hydrogen-bond acceptors (Lipinski definition) is 5. The first kappa shape index (κ1) is 25.7. The molecule has 2 aromatic carbocycles. The Morgan fingerprint density at radius 2 is 1.92 bits per heavy atom. The van der Waals surface area contributed by atoms with E-state index in [1.54, 1.807) is 54.3 Å². The summed E-state index contributed by atoms with van der Waals surface area (Å²) in [6.07, 6.45) is -3.91. The highest BCUT2D eigenvalue weighted by atomic mass is 32.1. The molecular formula is C26H25F3N2O4S. The quantitative estimate of drug-likeness (QED) is 0.399. The van der Waals surface area contributed by atoms with Crippen LogP contribution in [0, 0.1) is 0 Å². The predicted molar refractivity (Wildman–Crippen MR) is 131 cm³/mol. The molecule has 1 aliphatic rings. The van der Waals surface area contributed by atoms with Gasteiger partial charge in [-0.1, -0.05) is 30.3 Å². The van der Waals surface area contributed by atoms with Crippen molar-refractivity contribution < 1.29 is 32.6 Å². The minimum absolute atomic E-state index is 0.00740. The number of carbonyl (C=O) groups is 2. The van der Waals surface area contributed by atoms with Crippen LogP contribution in [0.1, 0.15) is 28.7 Å². The van der Waals surface area contributed by atoms with E-state index in [0.29, 0.717) is 40.5 Å². The molecule has 0 fully saturated rings. The number of carbonyl (C=O) groups excluding carboxylic acids is 1. The summed E-state index contributed by atoms with van der Waals surface area (Å²) in [5.74, 6) is -0.576. The molecule has 1 aliphatic heterocycles. The van der Waals surface area contributed by atoms with Gasteiger partial charge in [0.1, 0.15) is 17.2 Å². The molecule has 4 rings (SSSR count). The summed E-state index contributed by atoms with van der Waals surface area (Å²) in [4.78, 5) is 24.9. The topological polar surface area (TPSA) is 78.9 Å². The van der Waals surface area contributed by atoms with E-state index in [1.165, 1.54) is 6.07 Å². The Bertz CT molecular complexity index is 1240. The zero-order chi connectivity index (χ0) is 25.9. The number of hydrogen-bond donors (Lipinski definition) is 2. The lowest BCUT2D eigenvalue weighted by Gasteiger charge is -2.22. The van der Waals surface area contributed by atoms with Gasteiger partial charge < -0.3 is 20.1 Å². The lowest BCUT2D eigenvalue weighted by atomic mass is 10.1. The maximum atomic E-state index is 13.6. The number of carboxylic acid groups (broad SMARTS) is 1. The van der Waals surface area contributed by atoms with Crippen molar-refractivity contribution >= 4 is 28.9 Å². The van der Waals surface area contributed by atoms with Gasteiger partial charge in [0.15, 0.2) is 0 Å². The van der Waals surface area contributed by atoms with Gasteiger partial charge in [-0.15, -0.1) is 11.3 Å². The number of alkyl halides is 3. The van der Waals surface area contributed by atoms with E-state index in [4.69, 9.17) is 9.84 Å². The molecule has 0 aliphatic carbocycles. The third-order valence-corrected chi connectivity index (χ3v) is 7.03. The van der Waals surface area contributed by atoms with Crippen LogP contribution in [0.2, 0.25) is 0 Å². The molecule has 190 valence electrons. The van der Waals surface area contributed by atoms with Crippen molar-refractivity contribution in [3.05, 3.63) is 69.9 Å². The molecule has 0 saturated carbocycles. The maximum Gasteiger partial charge on any atom is 0.426 e. The first-order valence-electron chi connectivity index (χ1n) is 11.4. The lowest BCUT2D eigenvalue weighted by Crippen LogP contribution is -2.44. The van der Waals surface area contributed by atoms with Crippen LogP contribution in [-0.4, -0.2) is 36.1 Å². The number of ether oxygens (including phenoxy) is 1. The van der Waals surface area contributed by atoms with E-state index in [1.807, 2.05) is 6.07 Å². The number of benzene rings is 2. The summed E-state index contributed by atoms with van der Waals surface area (Å²) < 4.78 is 46.7. The molecule has 0 saturated heterocycles. The van der Waals surface area contributed by atoms with Gasteiger partial charge >= 0.3 is 12.1 Å². The number of amides is 1. The van der Waals surface area contributed by atoms with E-state index in [2.05, 4.69) is 5.32 Å². The number of carboxylic acids is 1. The number of halogens is 3. The monoisotopic (exact) mass is 518 g/mol. The van der Waals surface area contributed by atoms with E-state index in [0.717, 1.165) is 11.3 Å². The molecule has 0 spiro atoms. The molecule has 0 unspecified atom stereocenters. The van der Waals surface area contributed by atoms with Crippen molar-refractivity contribution in [3.8, 4) is 16.9 Å². The summed E-state index contributed by atoms with van der Waals surface area (Å²) >= 11 is 0.675. The van der Waals surface area contributed by atoms with Crippen molar-refractivity contribution in [3.63, 3.8) is 0 Å². The van der Waals surface area contributed by atoms with Crippen molar-refractivity contribution in [2.75, 3.05) is 18.0 Å². The van der Waals surface area contributed by atoms with E-state index < -0.39 is 23.1 Å². The molecule has 3 aromatic rings. The first-order valence-corrected chi connectivity index (χ1v) is 12.2. The van der Waals surface area contributed by atoms with Gasteiger partial charge in [0.2, 0.25) is 5.91 Å². The number of thiophene rings is 1. The molecule has 1 amide bonds. The number of anilines is 1. The van der Waals surface area contributed by atoms with Crippen LogP contribution in [0.15, 0.2) is 54.6 Å². The summed E-state index contributed by atoms with van der Waals surface area (Å²) in [5, 5.41) is 11.7. The molecule has 2 heterocycles. The van der Waals surface area contributed by atoms with E-state index in [-0.39, 0.29) is 31.0 Å². The highest BCUT2D eigenvalue weighted by Gasteiger charge is 2.36. The predicted octanol–water partition coefficient (Wildman–Crippen LogP) is 5.35. The summed E-state index contributed by atoms with van der Waals surface area (Å²) in [5.41, 5.74) is 2.30. The minimum Gasteiger partial charge on any atom is -0.488 e. The number of fused-ring (bicyclic) bond motifs is 1. The zero-order valence-electron chi connectivity index (χ0n) is 19.5. The van der Waals surface area contributed by atoms with Crippen molar-refractivity contribution in [2.45, 2.75) is 38.6 Å². The number of aliphatic carboxylic acids is 1. The van der Waals surface area contributed by atoms with Gasteiger partial charge in [0.25, 0.3) is 0 Å². The molecule has 1 atom stereocenters. The van der Waals surface area contributed by atoms with Crippen LogP contribution < -0.4 is 15.0 Å². The highest BCUT2D eigenvalue weighted by Crippen LogP contribution is 2.43.